The van der Waals surface area contributed by atoms with E-state index in [0.29, 0.717) is 11.5 Å². The molecule has 0 aliphatic carbocycles. The number of nitriles is 1. The van der Waals surface area contributed by atoms with Crippen LogP contribution in [-0.4, -0.2) is 31.8 Å². The van der Waals surface area contributed by atoms with Crippen molar-refractivity contribution < 1.29 is 4.74 Å². The molecule has 4 nitrogen and oxygen atoms in total. The highest BCUT2D eigenvalue weighted by Crippen LogP contribution is 2.18. The Balaban J connectivity index is 1.94. The Labute approximate surface area is 102 Å². The van der Waals surface area contributed by atoms with Gasteiger partial charge in [0.05, 0.1) is 5.56 Å². The molecule has 1 saturated heterocycles. The van der Waals surface area contributed by atoms with Gasteiger partial charge < -0.3 is 9.64 Å². The van der Waals surface area contributed by atoms with Crippen LogP contribution in [0.2, 0.25) is 0 Å². The minimum atomic E-state index is 0.605. The Kier molecular flexibility index (Phi) is 3.94. The van der Waals surface area contributed by atoms with E-state index >= 15 is 0 Å². The number of anilines is 1. The molecular formula is C13H17N3O. The lowest BCUT2D eigenvalue weighted by molar-refractivity contribution is 0.0685. The van der Waals surface area contributed by atoms with Gasteiger partial charge in [-0.05, 0) is 30.9 Å². The van der Waals surface area contributed by atoms with E-state index in [1.807, 2.05) is 19.2 Å². The van der Waals surface area contributed by atoms with Crippen LogP contribution >= 0.6 is 0 Å². The normalized spacial score (nSPS) is 16.5. The maximum absolute atomic E-state index is 8.71. The molecule has 2 heterocycles. The molecule has 1 aliphatic rings. The van der Waals surface area contributed by atoms with Crippen molar-refractivity contribution in [2.75, 3.05) is 31.7 Å². The van der Waals surface area contributed by atoms with Gasteiger partial charge in [0, 0.05) is 33.0 Å². The molecule has 0 bridgehead atoms. The monoisotopic (exact) mass is 231 g/mol. The first kappa shape index (κ1) is 11.9. The average Bonchev–Trinajstić information content (AvgIpc) is 2.40. The molecule has 0 atom stereocenters. The number of nitrogens with zero attached hydrogens (tertiary/aromatic N) is 3. The van der Waals surface area contributed by atoms with Crippen molar-refractivity contribution in [3.05, 3.63) is 23.9 Å². The Hall–Kier alpha value is -1.60. The van der Waals surface area contributed by atoms with Crippen molar-refractivity contribution in [1.29, 1.82) is 5.26 Å². The van der Waals surface area contributed by atoms with Crippen molar-refractivity contribution in [2.45, 2.75) is 12.8 Å². The minimum absolute atomic E-state index is 0.605. The number of ether oxygens (including phenoxy) is 1. The molecule has 0 spiro atoms. The van der Waals surface area contributed by atoms with Crippen LogP contribution in [0, 0.1) is 17.2 Å². The fraction of sp³-hybridized carbons (Fsp3) is 0.538. The van der Waals surface area contributed by atoms with Gasteiger partial charge in [-0.2, -0.15) is 5.26 Å². The summed E-state index contributed by atoms with van der Waals surface area (Å²) in [6.45, 7) is 2.75. The lowest BCUT2D eigenvalue weighted by Crippen LogP contribution is -2.30. The summed E-state index contributed by atoms with van der Waals surface area (Å²) in [6.07, 6.45) is 3.87. The second-order valence-corrected chi connectivity index (χ2v) is 4.45. The minimum Gasteiger partial charge on any atom is -0.381 e. The molecule has 1 aromatic heterocycles. The van der Waals surface area contributed by atoms with Crippen molar-refractivity contribution in [3.63, 3.8) is 0 Å². The number of rotatable bonds is 3. The zero-order valence-electron chi connectivity index (χ0n) is 10.1. The molecule has 1 aliphatic heterocycles. The van der Waals surface area contributed by atoms with E-state index < -0.39 is 0 Å². The zero-order valence-corrected chi connectivity index (χ0v) is 10.1. The van der Waals surface area contributed by atoms with Crippen molar-refractivity contribution in [1.82, 2.24) is 4.98 Å². The highest BCUT2D eigenvalue weighted by molar-refractivity contribution is 5.41. The molecule has 0 unspecified atom stereocenters. The highest BCUT2D eigenvalue weighted by Gasteiger charge is 2.16. The van der Waals surface area contributed by atoms with Gasteiger partial charge in [0.2, 0.25) is 0 Å². The highest BCUT2D eigenvalue weighted by atomic mass is 16.5. The van der Waals surface area contributed by atoms with Crippen LogP contribution in [0.25, 0.3) is 0 Å². The van der Waals surface area contributed by atoms with Crippen molar-refractivity contribution in [2.24, 2.45) is 5.92 Å². The van der Waals surface area contributed by atoms with Crippen LogP contribution in [-0.2, 0) is 4.74 Å². The van der Waals surface area contributed by atoms with Crippen molar-refractivity contribution >= 4 is 5.82 Å². The van der Waals surface area contributed by atoms with E-state index in [9.17, 15) is 0 Å². The number of aromatic nitrogens is 1. The summed E-state index contributed by atoms with van der Waals surface area (Å²) in [5.74, 6) is 1.61. The first-order valence-electron chi connectivity index (χ1n) is 5.94. The molecule has 90 valence electrons. The van der Waals surface area contributed by atoms with E-state index in [1.54, 1.807) is 6.20 Å². The van der Waals surface area contributed by atoms with Crippen LogP contribution < -0.4 is 4.90 Å². The smallest absolute Gasteiger partial charge is 0.128 e. The molecule has 0 aromatic carbocycles. The quantitative estimate of drug-likeness (QED) is 0.796. The number of hydrogen-bond donors (Lipinski definition) is 0. The van der Waals surface area contributed by atoms with E-state index in [-0.39, 0.29) is 0 Å². The molecule has 0 amide bonds. The van der Waals surface area contributed by atoms with Crippen LogP contribution in [0.4, 0.5) is 5.82 Å². The van der Waals surface area contributed by atoms with Crippen LogP contribution in [0.3, 0.4) is 0 Å². The van der Waals surface area contributed by atoms with Crippen LogP contribution in [0.5, 0.6) is 0 Å². The Bertz CT molecular complexity index is 390. The SMILES string of the molecule is CN(CC1CCOCC1)c1ccc(C#N)cn1. The summed E-state index contributed by atoms with van der Waals surface area (Å²) in [5.41, 5.74) is 0.605. The second kappa shape index (κ2) is 5.65. The fourth-order valence-corrected chi connectivity index (χ4v) is 2.09. The second-order valence-electron chi connectivity index (χ2n) is 4.45. The summed E-state index contributed by atoms with van der Waals surface area (Å²) in [4.78, 5) is 6.44. The fourth-order valence-electron chi connectivity index (χ4n) is 2.09. The summed E-state index contributed by atoms with van der Waals surface area (Å²) in [5, 5.41) is 8.71. The third kappa shape index (κ3) is 3.18. The van der Waals surface area contributed by atoms with E-state index in [4.69, 9.17) is 10.00 Å². The first-order chi connectivity index (χ1) is 8.29. The maximum Gasteiger partial charge on any atom is 0.128 e. The summed E-state index contributed by atoms with van der Waals surface area (Å²) in [7, 11) is 2.05. The van der Waals surface area contributed by atoms with Crippen LogP contribution in [0.1, 0.15) is 18.4 Å². The predicted molar refractivity (Wildman–Crippen MR) is 65.8 cm³/mol. The van der Waals surface area contributed by atoms with Gasteiger partial charge in [-0.25, -0.2) is 4.98 Å². The molecular weight excluding hydrogens is 214 g/mol. The number of pyridine rings is 1. The third-order valence-electron chi connectivity index (χ3n) is 3.14. The molecule has 17 heavy (non-hydrogen) atoms. The summed E-state index contributed by atoms with van der Waals surface area (Å²) in [6, 6.07) is 5.79. The van der Waals surface area contributed by atoms with Gasteiger partial charge in [0.1, 0.15) is 11.9 Å². The lowest BCUT2D eigenvalue weighted by atomic mass is 10.00. The Morgan fingerprint density at radius 2 is 2.24 bits per heavy atom. The Morgan fingerprint density at radius 1 is 1.47 bits per heavy atom. The molecule has 0 N–H and O–H groups in total. The molecule has 0 radical (unpaired) electrons. The largest absolute Gasteiger partial charge is 0.381 e. The van der Waals surface area contributed by atoms with E-state index in [2.05, 4.69) is 16.0 Å². The molecule has 2 rings (SSSR count). The maximum atomic E-state index is 8.71. The molecule has 0 saturated carbocycles. The molecule has 4 heteroatoms. The predicted octanol–water partition coefficient (Wildman–Crippen LogP) is 1.82. The van der Waals surface area contributed by atoms with E-state index in [1.165, 1.54) is 0 Å². The van der Waals surface area contributed by atoms with Crippen molar-refractivity contribution in [3.8, 4) is 6.07 Å². The van der Waals surface area contributed by atoms with Gasteiger partial charge in [0.15, 0.2) is 0 Å². The molecule has 1 fully saturated rings. The lowest BCUT2D eigenvalue weighted by Gasteiger charge is -2.27. The first-order valence-corrected chi connectivity index (χ1v) is 5.94. The van der Waals surface area contributed by atoms with Gasteiger partial charge in [-0.1, -0.05) is 0 Å². The number of hydrogen-bond acceptors (Lipinski definition) is 4. The summed E-state index contributed by atoms with van der Waals surface area (Å²) >= 11 is 0. The van der Waals surface area contributed by atoms with Gasteiger partial charge in [0.25, 0.3) is 0 Å². The van der Waals surface area contributed by atoms with E-state index in [0.717, 1.165) is 38.4 Å². The van der Waals surface area contributed by atoms with Gasteiger partial charge in [-0.3, -0.25) is 0 Å². The zero-order chi connectivity index (χ0) is 12.1. The average molecular weight is 231 g/mol. The van der Waals surface area contributed by atoms with Gasteiger partial charge >= 0.3 is 0 Å². The standard InChI is InChI=1S/C13H17N3O/c1-16(10-11-4-6-17-7-5-11)13-3-2-12(8-14)9-15-13/h2-3,9,11H,4-7,10H2,1H3. The molecule has 1 aromatic rings. The topological polar surface area (TPSA) is 49.1 Å². The summed E-state index contributed by atoms with van der Waals surface area (Å²) < 4.78 is 5.35. The third-order valence-corrected chi connectivity index (χ3v) is 3.14. The Morgan fingerprint density at radius 3 is 2.82 bits per heavy atom. The van der Waals surface area contributed by atoms with Crippen LogP contribution in [0.15, 0.2) is 18.3 Å². The van der Waals surface area contributed by atoms with Gasteiger partial charge in [-0.15, -0.1) is 0 Å².